The summed E-state index contributed by atoms with van der Waals surface area (Å²) in [5.41, 5.74) is 9.24. The van der Waals surface area contributed by atoms with E-state index in [-0.39, 0.29) is 0 Å². The molecule has 4 aromatic carbocycles. The van der Waals surface area contributed by atoms with Gasteiger partial charge in [0.15, 0.2) is 0 Å². The molecule has 0 unspecified atom stereocenters. The third-order valence-corrected chi connectivity index (χ3v) is 23.3. The number of fused-ring (bicyclic) bond motifs is 9. The average molecular weight is 1300 g/mol. The fourth-order valence-electron chi connectivity index (χ4n) is 12.8. The van der Waals surface area contributed by atoms with Crippen LogP contribution >= 0.6 is 77.2 Å². The van der Waals surface area contributed by atoms with Gasteiger partial charge in [-0.3, -0.25) is 0 Å². The maximum Gasteiger partial charge on any atom is 0.119 e. The zero-order valence-corrected chi connectivity index (χ0v) is 55.7. The third kappa shape index (κ3) is 13.2. The molecule has 82 heavy (non-hydrogen) atoms. The zero-order valence-electron chi connectivity index (χ0n) is 49.2. The van der Waals surface area contributed by atoms with E-state index in [0.717, 1.165) is 82.7 Å². The molecular weight excluding hydrogens is 1220 g/mol. The van der Waals surface area contributed by atoms with Crippen LogP contribution in [0.5, 0.6) is 23.0 Å². The monoisotopic (exact) mass is 1300 g/mol. The van der Waals surface area contributed by atoms with Gasteiger partial charge in [0, 0.05) is 11.1 Å². The van der Waals surface area contributed by atoms with Gasteiger partial charge in [0.1, 0.15) is 23.0 Å². The van der Waals surface area contributed by atoms with E-state index in [9.17, 15) is 0 Å². The number of ether oxygens (including phenoxy) is 4. The van der Waals surface area contributed by atoms with Crippen LogP contribution in [0, 0.1) is 0 Å². The second kappa shape index (κ2) is 29.9. The van der Waals surface area contributed by atoms with Crippen LogP contribution in [0.25, 0.3) is 28.9 Å². The summed E-state index contributed by atoms with van der Waals surface area (Å²) in [6, 6.07) is 41.5. The van der Waals surface area contributed by atoms with Crippen molar-refractivity contribution in [1.82, 2.24) is 0 Å². The molecule has 10 rings (SSSR count). The molecule has 0 saturated heterocycles. The van der Waals surface area contributed by atoms with Crippen molar-refractivity contribution >= 4 is 86.6 Å². The molecule has 2 aliphatic carbocycles. The summed E-state index contributed by atoms with van der Waals surface area (Å²) in [4.78, 5) is 5.42. The van der Waals surface area contributed by atoms with Crippen LogP contribution in [0.15, 0.2) is 117 Å². The predicted octanol–water partition coefficient (Wildman–Crippen LogP) is 24.3. The first-order valence-electron chi connectivity index (χ1n) is 31.5. The molecule has 436 valence electrons. The minimum atomic E-state index is -0.606. The number of hydrogen-bond donors (Lipinski definition) is 0. The topological polar surface area (TPSA) is 36.9 Å². The van der Waals surface area contributed by atoms with Gasteiger partial charge < -0.3 is 18.9 Å². The molecule has 4 nitrogen and oxygen atoms in total. The average Bonchev–Trinajstić information content (AvgIpc) is 1.57. The highest BCUT2D eigenvalue weighted by Gasteiger charge is 2.55. The van der Waals surface area contributed by atoms with E-state index >= 15 is 0 Å². The number of thiophene rings is 4. The van der Waals surface area contributed by atoms with E-state index in [1.165, 1.54) is 202 Å². The van der Waals surface area contributed by atoms with Gasteiger partial charge in [-0.05, 0) is 152 Å². The Morgan fingerprint density at radius 3 is 0.805 bits per heavy atom. The molecule has 0 spiro atoms. The first-order valence-corrected chi connectivity index (χ1v) is 36.4. The molecule has 0 atom stereocenters. The molecule has 4 aromatic heterocycles. The van der Waals surface area contributed by atoms with Gasteiger partial charge in [-0.2, -0.15) is 0 Å². The molecule has 0 radical (unpaired) electrons. The molecular formula is C72H86Br2O4S4. The standard InChI is InChI=1S/C72H86Br2O4S4/c1-5-9-13-17-21-25-45-75-55-37-29-51(30-38-55)71(52-31-39-56(40-32-52)76-46-26-22-18-14-10-6-2)59-49-61(73)79-65(59)67-63(71)69-70(81-67)64-68(82-69)66-60(50-62(74)80-66)72(64,53-33-41-57(42-34-53)77-47-27-23-19-15-11-7-3)54-35-43-58(44-36-54)78-48-28-24-20-16-12-8-4/h29-44,49-50H,5-28,45-48H2,1-4H3. The summed E-state index contributed by atoms with van der Waals surface area (Å²) in [7, 11) is 0. The van der Waals surface area contributed by atoms with Gasteiger partial charge in [-0.15, -0.1) is 45.3 Å². The number of halogens is 2. The summed E-state index contributed by atoms with van der Waals surface area (Å²) in [5.74, 6) is 3.72. The highest BCUT2D eigenvalue weighted by Crippen LogP contribution is 2.70. The van der Waals surface area contributed by atoms with Crippen molar-refractivity contribution in [2.24, 2.45) is 0 Å². The van der Waals surface area contributed by atoms with Crippen molar-refractivity contribution in [3.63, 3.8) is 0 Å². The summed E-state index contributed by atoms with van der Waals surface area (Å²) in [5, 5.41) is 0. The number of hydrogen-bond acceptors (Lipinski definition) is 8. The summed E-state index contributed by atoms with van der Waals surface area (Å²) >= 11 is 15.9. The van der Waals surface area contributed by atoms with Crippen molar-refractivity contribution < 1.29 is 18.9 Å². The largest absolute Gasteiger partial charge is 0.494 e. The van der Waals surface area contributed by atoms with Crippen molar-refractivity contribution in [3.05, 3.63) is 161 Å². The molecule has 0 amide bonds. The van der Waals surface area contributed by atoms with Crippen molar-refractivity contribution in [2.45, 2.75) is 193 Å². The van der Waals surface area contributed by atoms with Gasteiger partial charge in [-0.25, -0.2) is 0 Å². The lowest BCUT2D eigenvalue weighted by atomic mass is 9.67. The minimum Gasteiger partial charge on any atom is -0.494 e. The molecule has 0 fully saturated rings. The van der Waals surface area contributed by atoms with Crippen LogP contribution in [0.4, 0.5) is 0 Å². The van der Waals surface area contributed by atoms with Crippen LogP contribution in [0.3, 0.4) is 0 Å². The van der Waals surface area contributed by atoms with E-state index < -0.39 is 10.8 Å². The second-order valence-corrected chi connectivity index (χ2v) is 29.8. The van der Waals surface area contributed by atoms with Gasteiger partial charge in [-0.1, -0.05) is 205 Å². The molecule has 4 heterocycles. The van der Waals surface area contributed by atoms with Crippen LogP contribution in [-0.4, -0.2) is 26.4 Å². The van der Waals surface area contributed by atoms with E-state index in [4.69, 9.17) is 18.9 Å². The lowest BCUT2D eigenvalue weighted by molar-refractivity contribution is 0.304. The molecule has 0 N–H and O–H groups in total. The van der Waals surface area contributed by atoms with Gasteiger partial charge >= 0.3 is 0 Å². The molecule has 2 aliphatic rings. The molecule has 0 saturated carbocycles. The van der Waals surface area contributed by atoms with E-state index in [0.29, 0.717) is 0 Å². The van der Waals surface area contributed by atoms with Crippen LogP contribution in [0.1, 0.15) is 226 Å². The first-order chi connectivity index (χ1) is 40.4. The molecule has 0 bridgehead atoms. The Hall–Kier alpha value is -3.90. The lowest BCUT2D eigenvalue weighted by Crippen LogP contribution is -2.28. The van der Waals surface area contributed by atoms with E-state index in [1.807, 2.05) is 45.3 Å². The quantitative estimate of drug-likeness (QED) is 0.0367. The maximum absolute atomic E-state index is 6.50. The zero-order chi connectivity index (χ0) is 56.7. The second-order valence-electron chi connectivity index (χ2n) is 22.9. The Labute approximate surface area is 524 Å². The van der Waals surface area contributed by atoms with Crippen LogP contribution in [-0.2, 0) is 10.8 Å². The Balaban J connectivity index is 1.08. The Morgan fingerprint density at radius 2 is 0.549 bits per heavy atom. The summed E-state index contributed by atoms with van der Waals surface area (Å²) < 4.78 is 31.0. The predicted molar refractivity (Wildman–Crippen MR) is 361 cm³/mol. The fraction of sp³-hybridized carbons (Fsp3) is 0.472. The van der Waals surface area contributed by atoms with Gasteiger partial charge in [0.2, 0.25) is 0 Å². The first kappa shape index (κ1) is 61.2. The normalized spacial score (nSPS) is 13.6. The highest BCUT2D eigenvalue weighted by atomic mass is 79.9. The van der Waals surface area contributed by atoms with Gasteiger partial charge in [0.05, 0.1) is 73.7 Å². The molecule has 0 aliphatic heterocycles. The van der Waals surface area contributed by atoms with Gasteiger partial charge in [0.25, 0.3) is 0 Å². The summed E-state index contributed by atoms with van der Waals surface area (Å²) in [6.45, 7) is 12.1. The summed E-state index contributed by atoms with van der Waals surface area (Å²) in [6.07, 6.45) is 29.8. The fourth-order valence-corrected chi connectivity index (χ4v) is 19.6. The third-order valence-electron chi connectivity index (χ3n) is 17.1. The SMILES string of the molecule is CCCCCCCCOc1ccc(C2(c3ccc(OCCCCCCCC)cc3)c3cc(Br)sc3-c3sc4c5c(sc4c32)-c2sc(Br)cc2C5(c2ccc(OCCCCCCCC)cc2)c2ccc(OCCCCCCCC)cc2)cc1. The van der Waals surface area contributed by atoms with E-state index in [2.05, 4.69) is 169 Å². The van der Waals surface area contributed by atoms with Crippen molar-refractivity contribution in [1.29, 1.82) is 0 Å². The Morgan fingerprint density at radius 1 is 0.305 bits per heavy atom. The Kier molecular flexibility index (Phi) is 22.4. The van der Waals surface area contributed by atoms with Crippen molar-refractivity contribution in [2.75, 3.05) is 26.4 Å². The Bertz CT molecular complexity index is 2900. The minimum absolute atomic E-state index is 0.606. The number of unbranched alkanes of at least 4 members (excludes halogenated alkanes) is 20. The maximum atomic E-state index is 6.50. The number of benzene rings is 4. The number of rotatable bonds is 36. The highest BCUT2D eigenvalue weighted by molar-refractivity contribution is 9.11. The lowest BCUT2D eigenvalue weighted by Gasteiger charge is -2.34. The van der Waals surface area contributed by atoms with Crippen LogP contribution in [0.2, 0.25) is 0 Å². The van der Waals surface area contributed by atoms with Crippen LogP contribution < -0.4 is 18.9 Å². The smallest absolute Gasteiger partial charge is 0.119 e. The van der Waals surface area contributed by atoms with E-state index in [1.54, 1.807) is 0 Å². The molecule has 10 heteroatoms. The van der Waals surface area contributed by atoms with Crippen molar-refractivity contribution in [3.8, 4) is 42.5 Å². The molecule has 8 aromatic rings.